The lowest BCUT2D eigenvalue weighted by atomic mass is 9.92. The van der Waals surface area contributed by atoms with Crippen LogP contribution in [-0.4, -0.2) is 43.0 Å². The number of nitrogens with one attached hydrogen (secondary N) is 1. The van der Waals surface area contributed by atoms with E-state index in [0.717, 1.165) is 13.1 Å². The van der Waals surface area contributed by atoms with Crippen molar-refractivity contribution in [2.24, 2.45) is 10.8 Å². The van der Waals surface area contributed by atoms with Gasteiger partial charge >= 0.3 is 0 Å². The number of piperidine rings is 1. The summed E-state index contributed by atoms with van der Waals surface area (Å²) in [5.74, 6) is -2.63. The maximum absolute atomic E-state index is 14.2. The van der Waals surface area contributed by atoms with Gasteiger partial charge in [0.15, 0.2) is 0 Å². The van der Waals surface area contributed by atoms with Crippen molar-refractivity contribution in [3.8, 4) is 0 Å². The Balaban J connectivity index is 2.53. The van der Waals surface area contributed by atoms with Gasteiger partial charge < -0.3 is 5.32 Å². The molecule has 0 aromatic carbocycles. The van der Waals surface area contributed by atoms with Crippen LogP contribution >= 0.6 is 0 Å². The van der Waals surface area contributed by atoms with Crippen molar-refractivity contribution in [2.75, 3.05) is 26.2 Å². The van der Waals surface area contributed by atoms with Crippen LogP contribution in [-0.2, 0) is 0 Å². The van der Waals surface area contributed by atoms with Crippen molar-refractivity contribution in [2.45, 2.75) is 59.9 Å². The Hall–Kier alpha value is -0.220. The number of halogens is 2. The van der Waals surface area contributed by atoms with Crippen molar-refractivity contribution in [3.63, 3.8) is 0 Å². The summed E-state index contributed by atoms with van der Waals surface area (Å²) in [7, 11) is 0. The predicted octanol–water partition coefficient (Wildman–Crippen LogP) is 3.38. The van der Waals surface area contributed by atoms with E-state index in [2.05, 4.69) is 46.9 Å². The molecule has 1 fully saturated rings. The smallest absolute Gasteiger partial charge is 0.275 e. The third-order valence-electron chi connectivity index (χ3n) is 3.25. The first-order valence-electron chi connectivity index (χ1n) is 7.23. The zero-order valence-corrected chi connectivity index (χ0v) is 13.3. The summed E-state index contributed by atoms with van der Waals surface area (Å²) in [5, 5.41) is 3.06. The summed E-state index contributed by atoms with van der Waals surface area (Å²) in [5.41, 5.74) is 0.111. The van der Waals surface area contributed by atoms with E-state index in [1.807, 2.05) is 4.90 Å². The molecule has 0 amide bonds. The van der Waals surface area contributed by atoms with Gasteiger partial charge in [-0.3, -0.25) is 4.90 Å². The van der Waals surface area contributed by atoms with Crippen LogP contribution in [0, 0.1) is 10.8 Å². The van der Waals surface area contributed by atoms with E-state index < -0.39 is 12.0 Å². The molecule has 19 heavy (non-hydrogen) atoms. The van der Waals surface area contributed by atoms with Crippen LogP contribution in [0.4, 0.5) is 8.78 Å². The second-order valence-electron chi connectivity index (χ2n) is 8.32. The van der Waals surface area contributed by atoms with Gasteiger partial charge in [0.25, 0.3) is 5.92 Å². The predicted molar refractivity (Wildman–Crippen MR) is 76.7 cm³/mol. The van der Waals surface area contributed by atoms with E-state index in [-0.39, 0.29) is 17.4 Å². The molecule has 1 aliphatic rings. The van der Waals surface area contributed by atoms with Crippen molar-refractivity contribution >= 4 is 0 Å². The van der Waals surface area contributed by atoms with Gasteiger partial charge in [0, 0.05) is 19.6 Å². The summed E-state index contributed by atoms with van der Waals surface area (Å²) in [6.07, 6.45) is 0.527. The molecule has 0 bridgehead atoms. The fraction of sp³-hybridized carbons (Fsp3) is 1.00. The molecule has 1 atom stereocenters. The second kappa shape index (κ2) is 5.65. The number of hydrogen-bond donors (Lipinski definition) is 1. The lowest BCUT2D eigenvalue weighted by molar-refractivity contribution is -0.0963. The first-order chi connectivity index (χ1) is 8.39. The van der Waals surface area contributed by atoms with Crippen LogP contribution in [0.3, 0.4) is 0 Å². The molecule has 0 aromatic rings. The number of nitrogens with zero attached hydrogens (tertiary/aromatic N) is 1. The Morgan fingerprint density at radius 3 is 2.11 bits per heavy atom. The minimum atomic E-state index is -2.63. The quantitative estimate of drug-likeness (QED) is 0.850. The van der Waals surface area contributed by atoms with Gasteiger partial charge in [0.05, 0.1) is 12.6 Å². The molecule has 4 heteroatoms. The maximum Gasteiger partial charge on any atom is 0.275 e. The normalized spacial score (nSPS) is 25.6. The van der Waals surface area contributed by atoms with Crippen molar-refractivity contribution in [3.05, 3.63) is 0 Å². The molecule has 1 heterocycles. The number of alkyl halides is 2. The summed E-state index contributed by atoms with van der Waals surface area (Å²) in [6.45, 7) is 14.5. The van der Waals surface area contributed by atoms with Gasteiger partial charge in [0.2, 0.25) is 0 Å². The van der Waals surface area contributed by atoms with Gasteiger partial charge in [-0.05, 0) is 17.3 Å². The lowest BCUT2D eigenvalue weighted by Gasteiger charge is -2.41. The second-order valence-corrected chi connectivity index (χ2v) is 8.32. The summed E-state index contributed by atoms with van der Waals surface area (Å²) in [4.78, 5) is 1.90. The minimum Gasteiger partial charge on any atom is -0.308 e. The van der Waals surface area contributed by atoms with Crippen LogP contribution in [0.2, 0.25) is 0 Å². The molecule has 1 saturated heterocycles. The van der Waals surface area contributed by atoms with Gasteiger partial charge in [-0.1, -0.05) is 41.5 Å². The van der Waals surface area contributed by atoms with E-state index in [1.165, 1.54) is 0 Å². The fourth-order valence-electron chi connectivity index (χ4n) is 2.50. The van der Waals surface area contributed by atoms with Crippen LogP contribution in [0.15, 0.2) is 0 Å². The molecule has 0 radical (unpaired) electrons. The van der Waals surface area contributed by atoms with Gasteiger partial charge in [0.1, 0.15) is 0 Å². The highest BCUT2D eigenvalue weighted by molar-refractivity contribution is 4.93. The standard InChI is InChI=1S/C15H30F2N2/c1-13(2,3)9-18-12-7-8-19(10-14(4,5)6)11-15(12,16)17/h12,18H,7-11H2,1-6H3. The Morgan fingerprint density at radius 1 is 1.11 bits per heavy atom. The third kappa shape index (κ3) is 6.17. The van der Waals surface area contributed by atoms with E-state index in [4.69, 9.17) is 0 Å². The van der Waals surface area contributed by atoms with Crippen molar-refractivity contribution in [1.82, 2.24) is 10.2 Å². The van der Waals surface area contributed by atoms with E-state index in [0.29, 0.717) is 13.0 Å². The molecule has 114 valence electrons. The van der Waals surface area contributed by atoms with Crippen LogP contribution in [0.5, 0.6) is 0 Å². The Kier molecular flexibility index (Phi) is 5.00. The molecule has 2 nitrogen and oxygen atoms in total. The number of rotatable bonds is 3. The van der Waals surface area contributed by atoms with Crippen LogP contribution in [0.25, 0.3) is 0 Å². The van der Waals surface area contributed by atoms with Crippen molar-refractivity contribution in [1.29, 1.82) is 0 Å². The zero-order chi connectivity index (χ0) is 14.9. The molecule has 0 spiro atoms. The van der Waals surface area contributed by atoms with Crippen molar-refractivity contribution < 1.29 is 8.78 Å². The minimum absolute atomic E-state index is 0.0403. The SMILES string of the molecule is CC(C)(C)CNC1CCN(CC(C)(C)C)CC1(F)F. The van der Waals surface area contributed by atoms with Crippen LogP contribution < -0.4 is 5.32 Å². The van der Waals surface area contributed by atoms with Crippen LogP contribution in [0.1, 0.15) is 48.0 Å². The Morgan fingerprint density at radius 2 is 1.68 bits per heavy atom. The van der Waals surface area contributed by atoms with Gasteiger partial charge in [-0.2, -0.15) is 0 Å². The monoisotopic (exact) mass is 276 g/mol. The van der Waals surface area contributed by atoms with Gasteiger partial charge in [-0.25, -0.2) is 8.78 Å². The molecule has 1 rings (SSSR count). The van der Waals surface area contributed by atoms with E-state index >= 15 is 0 Å². The molecular weight excluding hydrogens is 246 g/mol. The van der Waals surface area contributed by atoms with E-state index in [1.54, 1.807) is 0 Å². The Bertz CT molecular complexity index is 290. The zero-order valence-electron chi connectivity index (χ0n) is 13.3. The average molecular weight is 276 g/mol. The molecular formula is C15H30F2N2. The summed E-state index contributed by atoms with van der Waals surface area (Å²) in [6, 6.07) is -0.678. The average Bonchev–Trinajstić information content (AvgIpc) is 2.10. The first-order valence-corrected chi connectivity index (χ1v) is 7.23. The molecule has 0 saturated carbocycles. The Labute approximate surface area is 116 Å². The first kappa shape index (κ1) is 16.8. The number of hydrogen-bond acceptors (Lipinski definition) is 2. The van der Waals surface area contributed by atoms with Gasteiger partial charge in [-0.15, -0.1) is 0 Å². The molecule has 0 aromatic heterocycles. The largest absolute Gasteiger partial charge is 0.308 e. The number of likely N-dealkylation sites (tertiary alicyclic amines) is 1. The summed E-state index contributed by atoms with van der Waals surface area (Å²) < 4.78 is 28.3. The highest BCUT2D eigenvalue weighted by Gasteiger charge is 2.44. The fourth-order valence-corrected chi connectivity index (χ4v) is 2.50. The highest BCUT2D eigenvalue weighted by Crippen LogP contribution is 2.30. The highest BCUT2D eigenvalue weighted by atomic mass is 19.3. The molecule has 0 aliphatic carbocycles. The lowest BCUT2D eigenvalue weighted by Crippen LogP contribution is -2.59. The third-order valence-corrected chi connectivity index (χ3v) is 3.25. The van der Waals surface area contributed by atoms with E-state index in [9.17, 15) is 8.78 Å². The molecule has 1 unspecified atom stereocenters. The topological polar surface area (TPSA) is 15.3 Å². The maximum atomic E-state index is 14.2. The molecule has 1 aliphatic heterocycles. The molecule has 1 N–H and O–H groups in total. The summed E-state index contributed by atoms with van der Waals surface area (Å²) >= 11 is 0.